The fraction of sp³-hybridized carbons (Fsp3) is 0.296. The molecule has 7 aromatic carbocycles. The Labute approximate surface area is 536 Å². The molecule has 14 N–H and O–H groups in total. The van der Waals surface area contributed by atoms with Gasteiger partial charge in [0.15, 0.2) is 5.96 Å². The molecule has 21 nitrogen and oxygen atoms in total. The Morgan fingerprint density at radius 3 is 1.79 bits per heavy atom. The van der Waals surface area contributed by atoms with E-state index in [2.05, 4.69) is 65.0 Å². The van der Waals surface area contributed by atoms with Crippen molar-refractivity contribution in [2.75, 3.05) is 51.2 Å². The van der Waals surface area contributed by atoms with Crippen molar-refractivity contribution in [2.24, 2.45) is 16.5 Å². The molecule has 0 fully saturated rings. The van der Waals surface area contributed by atoms with Crippen LogP contribution in [0.15, 0.2) is 187 Å². The number of nitrogens with one attached hydrogen (secondary N) is 9. The van der Waals surface area contributed by atoms with Crippen molar-refractivity contribution >= 4 is 53.3 Å². The molecule has 21 heteroatoms. The van der Waals surface area contributed by atoms with Crippen LogP contribution in [0.3, 0.4) is 0 Å². The van der Waals surface area contributed by atoms with Gasteiger partial charge in [0.05, 0.1) is 12.0 Å². The number of phenolic OH excluding ortho intramolecular Hbond substituents is 1. The summed E-state index contributed by atoms with van der Waals surface area (Å²) in [7, 11) is 0. The first-order chi connectivity index (χ1) is 44.7. The van der Waals surface area contributed by atoms with Crippen LogP contribution in [0, 0.1) is 0 Å². The van der Waals surface area contributed by atoms with Gasteiger partial charge in [-0.3, -0.25) is 34.3 Å². The number of alkyl carbamates (subject to hydrolysis) is 1. The summed E-state index contributed by atoms with van der Waals surface area (Å²) in [5.74, 6) is -2.82. The highest BCUT2D eigenvalue weighted by Gasteiger charge is 2.31. The number of urea groups is 1. The molecule has 1 aliphatic rings. The number of carbonyl (C=O) groups excluding carboxylic acids is 7. The van der Waals surface area contributed by atoms with Crippen molar-refractivity contribution in [2.45, 2.75) is 88.4 Å². The maximum Gasteiger partial charge on any atom is 0.407 e. The van der Waals surface area contributed by atoms with Crippen LogP contribution < -0.4 is 59.3 Å². The average Bonchev–Trinajstić information content (AvgIpc) is 1.64. The molecule has 92 heavy (non-hydrogen) atoms. The highest BCUT2D eigenvalue weighted by Crippen LogP contribution is 2.44. The van der Waals surface area contributed by atoms with Crippen molar-refractivity contribution in [3.63, 3.8) is 0 Å². The third-order valence-electron chi connectivity index (χ3n) is 15.7. The number of anilines is 1. The largest absolute Gasteiger partial charge is 0.508 e. The summed E-state index contributed by atoms with van der Waals surface area (Å²) in [6.45, 7) is 3.40. The summed E-state index contributed by atoms with van der Waals surface area (Å²) < 4.78 is 5.84. The van der Waals surface area contributed by atoms with Crippen molar-refractivity contribution in [3.05, 3.63) is 215 Å². The molecule has 0 saturated carbocycles. The number of ether oxygens (including phenoxy) is 1. The van der Waals surface area contributed by atoms with Gasteiger partial charge in [-0.1, -0.05) is 165 Å². The van der Waals surface area contributed by atoms with Gasteiger partial charge >= 0.3 is 12.1 Å². The predicted molar refractivity (Wildman–Crippen MR) is 356 cm³/mol. The van der Waals surface area contributed by atoms with Crippen LogP contribution in [0.1, 0.15) is 90.7 Å². The van der Waals surface area contributed by atoms with Gasteiger partial charge in [-0.25, -0.2) is 9.59 Å². The first kappa shape index (κ1) is 67.4. The Hall–Kier alpha value is -10.5. The van der Waals surface area contributed by atoms with E-state index >= 15 is 0 Å². The van der Waals surface area contributed by atoms with Gasteiger partial charge < -0.3 is 63.8 Å². The number of carbonyl (C=O) groups is 7. The molecule has 0 radical (unpaired) electrons. The molecule has 1 aliphatic carbocycles. The van der Waals surface area contributed by atoms with Gasteiger partial charge in [0, 0.05) is 63.8 Å². The number of rotatable bonds is 32. The molecule has 4 atom stereocenters. The minimum atomic E-state index is -1.00. The van der Waals surface area contributed by atoms with Crippen molar-refractivity contribution in [3.8, 4) is 28.0 Å². The fourth-order valence-electron chi connectivity index (χ4n) is 10.7. The van der Waals surface area contributed by atoms with Gasteiger partial charge in [0.2, 0.25) is 29.5 Å². The number of aliphatic imine (C=N–C) groups is 1. The molecular formula is C71H82N12O9. The zero-order valence-corrected chi connectivity index (χ0v) is 51.6. The average molecular weight is 1250 g/mol. The van der Waals surface area contributed by atoms with E-state index in [9.17, 15) is 38.7 Å². The number of aromatic hydroxyl groups is 1. The summed E-state index contributed by atoms with van der Waals surface area (Å²) in [6, 6.07) is 53.6. The second-order valence-electron chi connectivity index (χ2n) is 22.3. The molecule has 7 aromatic rings. The molecule has 0 saturated heterocycles. The minimum absolute atomic E-state index is 0.0652. The topological polar surface area (TPSA) is 322 Å². The zero-order valence-electron chi connectivity index (χ0n) is 51.6. The van der Waals surface area contributed by atoms with Crippen LogP contribution in [0.5, 0.6) is 5.75 Å². The van der Waals surface area contributed by atoms with E-state index in [0.717, 1.165) is 50.2 Å². The summed E-state index contributed by atoms with van der Waals surface area (Å²) in [6.07, 6.45) is 1.44. The monoisotopic (exact) mass is 1250 g/mol. The Balaban J connectivity index is 0.846. The molecule has 0 spiro atoms. The lowest BCUT2D eigenvalue weighted by atomic mass is 9.90. The summed E-state index contributed by atoms with van der Waals surface area (Å²) in [4.78, 5) is 97.1. The summed E-state index contributed by atoms with van der Waals surface area (Å²) in [5.41, 5.74) is 22.5. The molecule has 0 heterocycles. The molecule has 0 bridgehead atoms. The molecule has 480 valence electrons. The number of fused-ring (bicyclic) bond motifs is 3. The Kier molecular flexibility index (Phi) is 25.6. The zero-order chi connectivity index (χ0) is 65.0. The van der Waals surface area contributed by atoms with Gasteiger partial charge in [-0.15, -0.1) is 0 Å². The van der Waals surface area contributed by atoms with Crippen molar-refractivity contribution in [1.82, 2.24) is 42.5 Å². The highest BCUT2D eigenvalue weighted by molar-refractivity contribution is 5.95. The van der Waals surface area contributed by atoms with Crippen LogP contribution in [0.4, 0.5) is 15.3 Å². The number of guanidine groups is 1. The summed E-state index contributed by atoms with van der Waals surface area (Å²) in [5, 5.41) is 35.4. The third-order valence-corrected chi connectivity index (χ3v) is 15.7. The SMILES string of the molecule is CCC(=O)NCCNC(=O)NC(N)=NCCC[C@@H](NC(=O)C(c1ccccc1)c1ccc(NCCCNC(=O)[C@@H](CCCNC(=O)[C@H](N)Cc2ccc(-c3ccccc3)cc2)NC(=O)OCC2c3ccccc3-c3ccccc32)cc1)C(=O)NCc1ccc(O)cc1. The predicted octanol–water partition coefficient (Wildman–Crippen LogP) is 7.20. The lowest BCUT2D eigenvalue weighted by molar-refractivity contribution is -0.129. The normalized spacial score (nSPS) is 12.9. The van der Waals surface area contributed by atoms with E-state index in [1.165, 1.54) is 12.1 Å². The molecule has 0 aromatic heterocycles. The Morgan fingerprint density at radius 2 is 1.11 bits per heavy atom. The lowest BCUT2D eigenvalue weighted by Gasteiger charge is -2.23. The molecule has 8 amide bonds. The van der Waals surface area contributed by atoms with Gasteiger partial charge in [0.25, 0.3) is 0 Å². The fourth-order valence-corrected chi connectivity index (χ4v) is 10.7. The maximum absolute atomic E-state index is 14.5. The van der Waals surface area contributed by atoms with Gasteiger partial charge in [0.1, 0.15) is 24.4 Å². The van der Waals surface area contributed by atoms with Crippen LogP contribution in [-0.2, 0) is 41.7 Å². The number of phenols is 1. The van der Waals surface area contributed by atoms with E-state index in [1.54, 1.807) is 19.1 Å². The summed E-state index contributed by atoms with van der Waals surface area (Å²) >= 11 is 0. The smallest absolute Gasteiger partial charge is 0.407 e. The number of nitrogens with two attached hydrogens (primary N) is 2. The number of amides is 8. The van der Waals surface area contributed by atoms with Crippen LogP contribution in [0.2, 0.25) is 0 Å². The van der Waals surface area contributed by atoms with E-state index in [-0.39, 0.29) is 88.2 Å². The van der Waals surface area contributed by atoms with E-state index in [4.69, 9.17) is 16.2 Å². The van der Waals surface area contributed by atoms with E-state index in [0.29, 0.717) is 49.8 Å². The second-order valence-corrected chi connectivity index (χ2v) is 22.3. The van der Waals surface area contributed by atoms with Crippen LogP contribution in [-0.4, -0.2) is 117 Å². The first-order valence-electron chi connectivity index (χ1n) is 31.2. The van der Waals surface area contributed by atoms with E-state index in [1.807, 2.05) is 146 Å². The molecular weight excluding hydrogens is 1160 g/mol. The van der Waals surface area contributed by atoms with Crippen LogP contribution in [0.25, 0.3) is 22.3 Å². The Morgan fingerprint density at radius 1 is 0.543 bits per heavy atom. The van der Waals surface area contributed by atoms with Gasteiger partial charge in [-0.2, -0.15) is 0 Å². The lowest BCUT2D eigenvalue weighted by Crippen LogP contribution is -2.48. The molecule has 0 aliphatic heterocycles. The third kappa shape index (κ3) is 20.5. The number of benzene rings is 7. The Bertz CT molecular complexity index is 3550. The number of hydrogen-bond acceptors (Lipinski definition) is 12. The standard InChI is InChI=1S/C71H82N12O9/c1-2-63(85)75-42-43-79-70(90)83-69(73)78-39-14-24-61(67(88)80-45-48-28-36-54(84)37-29-48)81-68(89)64(51-18-7-4-8-19-51)52-32-34-53(35-33-52)74-40-15-41-77-66(87)62(82-71(91)92-46-59-57-22-11-9-20-55(57)56-21-10-12-23-58(56)59)25-13-38-76-65(86)60(72)44-47-26-30-50(31-27-47)49-16-5-3-6-17-49/h3-12,16-23,26-37,59-62,64,74,84H,2,13-15,24-25,38-46,72H2,1H3,(H,75,85)(H,76,86)(H,77,87)(H,80,88)(H,81,89)(H,82,91)(H4,73,78,79,83,90)/t60-,61-,62-,64?/m1/s1. The van der Waals surface area contributed by atoms with Crippen molar-refractivity contribution < 1.29 is 43.4 Å². The number of nitrogens with zero attached hydrogens (tertiary/aromatic N) is 1. The molecule has 8 rings (SSSR count). The first-order valence-corrected chi connectivity index (χ1v) is 31.2. The molecule has 1 unspecified atom stereocenters. The maximum atomic E-state index is 14.5. The van der Waals surface area contributed by atoms with Gasteiger partial charge in [-0.05, 0) is 118 Å². The second kappa shape index (κ2) is 35.0. The van der Waals surface area contributed by atoms with Crippen LogP contribution >= 0.6 is 0 Å². The van der Waals surface area contributed by atoms with E-state index < -0.39 is 53.9 Å². The van der Waals surface area contributed by atoms with Crippen molar-refractivity contribution in [1.29, 1.82) is 0 Å². The minimum Gasteiger partial charge on any atom is -0.508 e. The quantitative estimate of drug-likeness (QED) is 0.0113. The number of hydrogen-bond donors (Lipinski definition) is 12. The highest BCUT2D eigenvalue weighted by atomic mass is 16.5.